The van der Waals surface area contributed by atoms with Crippen molar-refractivity contribution in [2.45, 2.75) is 38.1 Å². The number of fused-ring (bicyclic) bond motifs is 1. The van der Waals surface area contributed by atoms with Gasteiger partial charge in [-0.15, -0.1) is 0 Å². The van der Waals surface area contributed by atoms with Gasteiger partial charge in [0, 0.05) is 25.0 Å². The lowest BCUT2D eigenvalue weighted by Crippen LogP contribution is -2.40. The maximum absolute atomic E-state index is 12.9. The van der Waals surface area contributed by atoms with Crippen LogP contribution in [0.5, 0.6) is 0 Å². The van der Waals surface area contributed by atoms with E-state index in [1.165, 1.54) is 12.8 Å². The summed E-state index contributed by atoms with van der Waals surface area (Å²) in [6.07, 6.45) is 12.2. The first-order valence-corrected chi connectivity index (χ1v) is 7.59. The molecule has 6 heteroatoms. The molecule has 0 radical (unpaired) electrons. The maximum atomic E-state index is 12.9. The minimum atomic E-state index is 0.0540. The number of hydrogen-bond acceptors (Lipinski definition) is 4. The smallest absolute Gasteiger partial charge is 0.257 e. The van der Waals surface area contributed by atoms with E-state index in [4.69, 9.17) is 5.73 Å². The Bertz CT molecular complexity index is 617. The topological polar surface area (TPSA) is 76.5 Å². The maximum Gasteiger partial charge on any atom is 0.257 e. The Labute approximate surface area is 123 Å². The minimum absolute atomic E-state index is 0.0540. The summed E-state index contributed by atoms with van der Waals surface area (Å²) >= 11 is 0. The third kappa shape index (κ3) is 2.76. The first kappa shape index (κ1) is 14.0. The summed E-state index contributed by atoms with van der Waals surface area (Å²) in [4.78, 5) is 19.0. The number of hydrogen-bond donors (Lipinski definition) is 1. The number of rotatable bonds is 5. The van der Waals surface area contributed by atoms with Crippen LogP contribution in [0.3, 0.4) is 0 Å². The second-order valence-corrected chi connectivity index (χ2v) is 5.54. The van der Waals surface area contributed by atoms with Crippen molar-refractivity contribution in [3.05, 3.63) is 30.4 Å². The molecular weight excluding hydrogens is 266 g/mol. The van der Waals surface area contributed by atoms with Crippen LogP contribution < -0.4 is 5.73 Å². The molecule has 1 aliphatic rings. The van der Waals surface area contributed by atoms with Crippen molar-refractivity contribution < 1.29 is 4.79 Å². The van der Waals surface area contributed by atoms with Gasteiger partial charge in [0.1, 0.15) is 0 Å². The van der Waals surface area contributed by atoms with E-state index in [0.29, 0.717) is 18.2 Å². The van der Waals surface area contributed by atoms with E-state index in [1.807, 2.05) is 4.90 Å². The SMILES string of the molecule is NCCCN(C(=O)c1cnn2ccncc12)C1CCCC1. The molecule has 0 bridgehead atoms. The van der Waals surface area contributed by atoms with Gasteiger partial charge in [-0.3, -0.25) is 9.78 Å². The third-order valence-corrected chi connectivity index (χ3v) is 4.18. The molecule has 1 aliphatic carbocycles. The fourth-order valence-corrected chi connectivity index (χ4v) is 3.08. The molecule has 0 aromatic carbocycles. The van der Waals surface area contributed by atoms with E-state index in [2.05, 4.69) is 10.1 Å². The van der Waals surface area contributed by atoms with Crippen molar-refractivity contribution in [1.29, 1.82) is 0 Å². The molecule has 0 spiro atoms. The third-order valence-electron chi connectivity index (χ3n) is 4.18. The average molecular weight is 287 g/mol. The standard InChI is InChI=1S/C15H21N5O/c16-6-3-8-19(12-4-1-2-5-12)15(21)13-10-18-20-9-7-17-11-14(13)20/h7,9-12H,1-6,8,16H2. The van der Waals surface area contributed by atoms with Gasteiger partial charge in [-0.25, -0.2) is 4.52 Å². The number of amides is 1. The molecule has 21 heavy (non-hydrogen) atoms. The van der Waals surface area contributed by atoms with E-state index in [-0.39, 0.29) is 5.91 Å². The van der Waals surface area contributed by atoms with E-state index in [1.54, 1.807) is 29.3 Å². The van der Waals surface area contributed by atoms with Crippen LogP contribution in [0.4, 0.5) is 0 Å². The Morgan fingerprint density at radius 2 is 2.19 bits per heavy atom. The molecule has 2 heterocycles. The van der Waals surface area contributed by atoms with Crippen molar-refractivity contribution >= 4 is 11.4 Å². The lowest BCUT2D eigenvalue weighted by atomic mass is 10.1. The molecule has 1 saturated carbocycles. The Hall–Kier alpha value is -1.95. The van der Waals surface area contributed by atoms with Gasteiger partial charge in [-0.1, -0.05) is 12.8 Å². The second kappa shape index (κ2) is 6.22. The predicted molar refractivity (Wildman–Crippen MR) is 80.0 cm³/mol. The molecule has 6 nitrogen and oxygen atoms in total. The molecule has 1 amide bonds. The largest absolute Gasteiger partial charge is 0.336 e. The number of aromatic nitrogens is 3. The zero-order valence-electron chi connectivity index (χ0n) is 12.1. The van der Waals surface area contributed by atoms with E-state index < -0.39 is 0 Å². The molecule has 2 N–H and O–H groups in total. The monoisotopic (exact) mass is 287 g/mol. The van der Waals surface area contributed by atoms with Gasteiger partial charge in [-0.05, 0) is 25.8 Å². The van der Waals surface area contributed by atoms with E-state index in [0.717, 1.165) is 31.3 Å². The van der Waals surface area contributed by atoms with Crippen LogP contribution in [0, 0.1) is 0 Å². The normalized spacial score (nSPS) is 15.7. The second-order valence-electron chi connectivity index (χ2n) is 5.54. The molecule has 2 aromatic heterocycles. The first-order chi connectivity index (χ1) is 10.3. The van der Waals surface area contributed by atoms with Crippen LogP contribution >= 0.6 is 0 Å². The van der Waals surface area contributed by atoms with Gasteiger partial charge in [0.05, 0.1) is 23.5 Å². The Morgan fingerprint density at radius 1 is 1.38 bits per heavy atom. The molecular formula is C15H21N5O. The van der Waals surface area contributed by atoms with Crippen molar-refractivity contribution in [3.8, 4) is 0 Å². The van der Waals surface area contributed by atoms with Gasteiger partial charge in [0.25, 0.3) is 5.91 Å². The Balaban J connectivity index is 1.88. The molecule has 0 unspecified atom stereocenters. The highest BCUT2D eigenvalue weighted by atomic mass is 16.2. The lowest BCUT2D eigenvalue weighted by Gasteiger charge is -2.28. The molecule has 1 fully saturated rings. The molecule has 0 atom stereocenters. The van der Waals surface area contributed by atoms with Crippen LogP contribution in [0.2, 0.25) is 0 Å². The van der Waals surface area contributed by atoms with Crippen LogP contribution in [0.25, 0.3) is 5.52 Å². The van der Waals surface area contributed by atoms with Gasteiger partial charge >= 0.3 is 0 Å². The zero-order valence-corrected chi connectivity index (χ0v) is 12.1. The zero-order chi connectivity index (χ0) is 14.7. The highest BCUT2D eigenvalue weighted by Crippen LogP contribution is 2.25. The quantitative estimate of drug-likeness (QED) is 0.903. The summed E-state index contributed by atoms with van der Waals surface area (Å²) in [5, 5.41) is 4.23. The van der Waals surface area contributed by atoms with Crippen LogP contribution in [0.15, 0.2) is 24.8 Å². The fourth-order valence-electron chi connectivity index (χ4n) is 3.08. The summed E-state index contributed by atoms with van der Waals surface area (Å²) in [6, 6.07) is 0.343. The summed E-state index contributed by atoms with van der Waals surface area (Å²) < 4.78 is 1.69. The first-order valence-electron chi connectivity index (χ1n) is 7.59. The minimum Gasteiger partial charge on any atom is -0.336 e. The highest BCUT2D eigenvalue weighted by Gasteiger charge is 2.28. The number of carbonyl (C=O) groups is 1. The summed E-state index contributed by atoms with van der Waals surface area (Å²) in [6.45, 7) is 1.32. The number of carbonyl (C=O) groups excluding carboxylic acids is 1. The molecule has 2 aromatic rings. The van der Waals surface area contributed by atoms with E-state index >= 15 is 0 Å². The van der Waals surface area contributed by atoms with Gasteiger partial charge < -0.3 is 10.6 Å². The molecule has 3 rings (SSSR count). The van der Waals surface area contributed by atoms with Crippen LogP contribution in [-0.2, 0) is 0 Å². The van der Waals surface area contributed by atoms with Crippen molar-refractivity contribution in [1.82, 2.24) is 19.5 Å². The summed E-state index contributed by atoms with van der Waals surface area (Å²) in [7, 11) is 0. The molecule has 0 aliphatic heterocycles. The Kier molecular flexibility index (Phi) is 4.15. The highest BCUT2D eigenvalue weighted by molar-refractivity contribution is 6.00. The molecule has 112 valence electrons. The number of nitrogens with two attached hydrogens (primary N) is 1. The number of nitrogens with zero attached hydrogens (tertiary/aromatic N) is 4. The fraction of sp³-hybridized carbons (Fsp3) is 0.533. The average Bonchev–Trinajstić information content (AvgIpc) is 3.17. The molecule has 0 saturated heterocycles. The van der Waals surface area contributed by atoms with Gasteiger partial charge in [0.15, 0.2) is 0 Å². The van der Waals surface area contributed by atoms with E-state index in [9.17, 15) is 4.79 Å². The lowest BCUT2D eigenvalue weighted by molar-refractivity contribution is 0.0682. The van der Waals surface area contributed by atoms with Crippen molar-refractivity contribution in [2.75, 3.05) is 13.1 Å². The van der Waals surface area contributed by atoms with Crippen LogP contribution in [0.1, 0.15) is 42.5 Å². The van der Waals surface area contributed by atoms with Crippen molar-refractivity contribution in [2.24, 2.45) is 5.73 Å². The van der Waals surface area contributed by atoms with Crippen LogP contribution in [-0.4, -0.2) is 44.5 Å². The van der Waals surface area contributed by atoms with Gasteiger partial charge in [-0.2, -0.15) is 5.10 Å². The predicted octanol–water partition coefficient (Wildman–Crippen LogP) is 1.46. The summed E-state index contributed by atoms with van der Waals surface area (Å²) in [5.41, 5.74) is 7.01. The Morgan fingerprint density at radius 3 is 2.95 bits per heavy atom. The van der Waals surface area contributed by atoms with Gasteiger partial charge in [0.2, 0.25) is 0 Å². The summed E-state index contributed by atoms with van der Waals surface area (Å²) in [5.74, 6) is 0.0540. The van der Waals surface area contributed by atoms with Crippen molar-refractivity contribution in [3.63, 3.8) is 0 Å².